The predicted molar refractivity (Wildman–Crippen MR) is 134 cm³/mol. The van der Waals surface area contributed by atoms with Gasteiger partial charge in [0.05, 0.1) is 23.4 Å². The number of amides is 1. The summed E-state index contributed by atoms with van der Waals surface area (Å²) in [4.78, 5) is 20.0. The maximum absolute atomic E-state index is 13.2. The topological polar surface area (TPSA) is 80.7 Å². The van der Waals surface area contributed by atoms with Gasteiger partial charge in [0.25, 0.3) is 5.91 Å². The molecule has 176 valence electrons. The van der Waals surface area contributed by atoms with Gasteiger partial charge in [-0.2, -0.15) is 4.47 Å². The van der Waals surface area contributed by atoms with Crippen LogP contribution in [0, 0.1) is 5.41 Å². The number of piperidine rings is 1. The highest BCUT2D eigenvalue weighted by Crippen LogP contribution is 2.53. The van der Waals surface area contributed by atoms with Crippen LogP contribution in [0.5, 0.6) is 0 Å². The smallest absolute Gasteiger partial charge is 0.259 e. The Morgan fingerprint density at radius 1 is 1.09 bits per heavy atom. The Labute approximate surface area is 200 Å². The first-order valence-electron chi connectivity index (χ1n) is 12.1. The average Bonchev–Trinajstić information content (AvgIpc) is 3.62. The van der Waals surface area contributed by atoms with Crippen molar-refractivity contribution >= 4 is 35.2 Å². The summed E-state index contributed by atoms with van der Waals surface area (Å²) in [5.41, 5.74) is 2.41. The summed E-state index contributed by atoms with van der Waals surface area (Å²) in [7, 11) is 0. The second-order valence-electron chi connectivity index (χ2n) is 9.68. The molecule has 2 heterocycles. The van der Waals surface area contributed by atoms with E-state index in [0.29, 0.717) is 28.4 Å². The number of benzene rings is 1. The van der Waals surface area contributed by atoms with Gasteiger partial charge in [-0.05, 0) is 74.3 Å². The number of hydrogen-bond donors (Lipinski definition) is 3. The Hall–Kier alpha value is -2.29. The third kappa shape index (κ3) is 5.45. The van der Waals surface area contributed by atoms with Gasteiger partial charge in [0.15, 0.2) is 0 Å². The third-order valence-electron chi connectivity index (χ3n) is 7.35. The Morgan fingerprint density at radius 3 is 2.64 bits per heavy atom. The maximum atomic E-state index is 13.2. The number of hydrogen-bond acceptors (Lipinski definition) is 7. The molecule has 0 atom stereocenters. The molecule has 2 aromatic rings. The molecule has 1 aliphatic heterocycles. The summed E-state index contributed by atoms with van der Waals surface area (Å²) in [6.45, 7) is 1.91. The first-order valence-corrected chi connectivity index (χ1v) is 12.9. The van der Waals surface area contributed by atoms with Gasteiger partial charge in [0.1, 0.15) is 5.82 Å². The van der Waals surface area contributed by atoms with Gasteiger partial charge in [-0.15, -0.1) is 0 Å². The summed E-state index contributed by atoms with van der Waals surface area (Å²) in [6.07, 6.45) is 12.9. The van der Waals surface area contributed by atoms with Gasteiger partial charge < -0.3 is 10.2 Å². The lowest BCUT2D eigenvalue weighted by molar-refractivity contribution is 0.102. The molecule has 1 amide bonds. The molecule has 1 spiro atoms. The molecule has 0 unspecified atom stereocenters. The molecule has 3 aliphatic rings. The third-order valence-corrected chi connectivity index (χ3v) is 8.17. The Kier molecular flexibility index (Phi) is 6.76. The summed E-state index contributed by atoms with van der Waals surface area (Å²) in [5, 5.41) is 13.5. The van der Waals surface area contributed by atoms with Crippen LogP contribution in [-0.2, 0) is 0 Å². The lowest BCUT2D eigenvalue weighted by Crippen LogP contribution is -2.36. The molecule has 2 aliphatic carbocycles. The van der Waals surface area contributed by atoms with Crippen molar-refractivity contribution in [3.8, 4) is 0 Å². The van der Waals surface area contributed by atoms with Crippen molar-refractivity contribution in [3.63, 3.8) is 0 Å². The number of carbonyl (C=O) groups is 1. The SMILES string of the molecule is O=C(Nc1cccc(N(O)SNC2CCCCC2)c1)c1cccnc1N1CCC2(CC1)CC2. The molecule has 33 heavy (non-hydrogen) atoms. The molecule has 0 radical (unpaired) electrons. The molecule has 1 saturated heterocycles. The van der Waals surface area contributed by atoms with Gasteiger partial charge in [0, 0.05) is 31.0 Å². The van der Waals surface area contributed by atoms with Crippen molar-refractivity contribution in [2.75, 3.05) is 27.8 Å². The summed E-state index contributed by atoms with van der Waals surface area (Å²) >= 11 is 1.20. The normalized spacial score (nSPS) is 20.0. The van der Waals surface area contributed by atoms with Gasteiger partial charge in [-0.25, -0.2) is 9.71 Å². The molecule has 5 rings (SSSR count). The van der Waals surface area contributed by atoms with E-state index >= 15 is 0 Å². The lowest BCUT2D eigenvalue weighted by Gasteiger charge is -2.33. The number of nitrogens with one attached hydrogen (secondary N) is 2. The van der Waals surface area contributed by atoms with E-state index in [1.165, 1.54) is 57.1 Å². The summed E-state index contributed by atoms with van der Waals surface area (Å²) < 4.78 is 4.48. The highest BCUT2D eigenvalue weighted by Gasteiger charge is 2.44. The van der Waals surface area contributed by atoms with Crippen molar-refractivity contribution in [1.29, 1.82) is 0 Å². The van der Waals surface area contributed by atoms with Crippen LogP contribution in [0.2, 0.25) is 0 Å². The van der Waals surface area contributed by atoms with Crippen LogP contribution in [-0.4, -0.2) is 35.2 Å². The van der Waals surface area contributed by atoms with E-state index in [1.807, 2.05) is 30.3 Å². The molecule has 1 aromatic carbocycles. The Bertz CT molecular complexity index is 967. The Balaban J connectivity index is 1.22. The number of aromatic nitrogens is 1. The summed E-state index contributed by atoms with van der Waals surface area (Å²) in [5.74, 6) is 0.581. The quantitative estimate of drug-likeness (QED) is 0.372. The highest BCUT2D eigenvalue weighted by molar-refractivity contribution is 7.98. The largest absolute Gasteiger partial charge is 0.356 e. The zero-order chi connectivity index (χ0) is 22.7. The van der Waals surface area contributed by atoms with Crippen LogP contribution in [0.4, 0.5) is 17.2 Å². The minimum Gasteiger partial charge on any atom is -0.356 e. The average molecular weight is 468 g/mol. The van der Waals surface area contributed by atoms with E-state index in [9.17, 15) is 10.0 Å². The number of anilines is 3. The highest BCUT2D eigenvalue weighted by atomic mass is 32.2. The Morgan fingerprint density at radius 2 is 1.88 bits per heavy atom. The fraction of sp³-hybridized carbons (Fsp3) is 0.520. The zero-order valence-corrected chi connectivity index (χ0v) is 19.8. The van der Waals surface area contributed by atoms with Crippen LogP contribution in [0.1, 0.15) is 68.1 Å². The molecule has 3 fully saturated rings. The number of pyridine rings is 1. The number of nitrogens with zero attached hydrogens (tertiary/aromatic N) is 3. The molecule has 0 bridgehead atoms. The minimum absolute atomic E-state index is 0.181. The van der Waals surface area contributed by atoms with Gasteiger partial charge in [-0.1, -0.05) is 25.3 Å². The van der Waals surface area contributed by atoms with E-state index < -0.39 is 0 Å². The standard InChI is InChI=1S/C25H33N5O2S/c31-24(22-10-5-15-26-23(22)29-16-13-25(11-12-25)14-17-29)27-20-8-4-9-21(18-20)30(32)33-28-19-6-2-1-3-7-19/h4-5,8-10,15,18-19,28,32H,1-3,6-7,11-14,16-17H2,(H,27,31). The predicted octanol–water partition coefficient (Wildman–Crippen LogP) is 5.40. The minimum atomic E-state index is -0.181. The fourth-order valence-corrected chi connectivity index (χ4v) is 5.70. The number of carbonyl (C=O) groups excluding carboxylic acids is 1. The lowest BCUT2D eigenvalue weighted by atomic mass is 9.93. The van der Waals surface area contributed by atoms with Gasteiger partial charge >= 0.3 is 0 Å². The van der Waals surface area contributed by atoms with Gasteiger partial charge in [-0.3, -0.25) is 10.0 Å². The monoisotopic (exact) mass is 467 g/mol. The van der Waals surface area contributed by atoms with E-state index in [0.717, 1.165) is 36.2 Å². The zero-order valence-electron chi connectivity index (χ0n) is 19.0. The van der Waals surface area contributed by atoms with Crippen LogP contribution in [0.15, 0.2) is 42.6 Å². The molecule has 8 heteroatoms. The second-order valence-corrected chi connectivity index (χ2v) is 10.4. The second kappa shape index (κ2) is 9.91. The van der Waals surface area contributed by atoms with E-state index in [2.05, 4.69) is 19.9 Å². The van der Waals surface area contributed by atoms with Crippen LogP contribution in [0.25, 0.3) is 0 Å². The summed E-state index contributed by atoms with van der Waals surface area (Å²) in [6, 6.07) is 11.3. The van der Waals surface area contributed by atoms with Crippen LogP contribution >= 0.6 is 12.1 Å². The van der Waals surface area contributed by atoms with E-state index in [1.54, 1.807) is 12.3 Å². The van der Waals surface area contributed by atoms with Crippen LogP contribution in [0.3, 0.4) is 0 Å². The first-order chi connectivity index (χ1) is 16.1. The van der Waals surface area contributed by atoms with Crippen molar-refractivity contribution in [3.05, 3.63) is 48.2 Å². The molecule has 3 N–H and O–H groups in total. The molecule has 1 aromatic heterocycles. The first kappa shape index (κ1) is 22.5. The molecular formula is C25H33N5O2S. The molecular weight excluding hydrogens is 434 g/mol. The van der Waals surface area contributed by atoms with E-state index in [4.69, 9.17) is 0 Å². The van der Waals surface area contributed by atoms with Crippen molar-refractivity contribution in [2.24, 2.45) is 5.41 Å². The van der Waals surface area contributed by atoms with Gasteiger partial charge in [0.2, 0.25) is 0 Å². The molecule has 2 saturated carbocycles. The van der Waals surface area contributed by atoms with Crippen molar-refractivity contribution in [2.45, 2.75) is 63.8 Å². The van der Waals surface area contributed by atoms with Crippen molar-refractivity contribution < 1.29 is 10.0 Å². The van der Waals surface area contributed by atoms with E-state index in [-0.39, 0.29) is 5.91 Å². The van der Waals surface area contributed by atoms with Crippen molar-refractivity contribution in [1.82, 2.24) is 9.71 Å². The molecule has 7 nitrogen and oxygen atoms in total. The maximum Gasteiger partial charge on any atom is 0.259 e. The fourth-order valence-electron chi connectivity index (χ4n) is 4.99. The number of rotatable bonds is 7. The van der Waals surface area contributed by atoms with Crippen LogP contribution < -0.4 is 19.4 Å².